The van der Waals surface area contributed by atoms with Gasteiger partial charge in [-0.25, -0.2) is 0 Å². The first-order valence-corrected chi connectivity index (χ1v) is 20.1. The van der Waals surface area contributed by atoms with Gasteiger partial charge in [-0.3, -0.25) is 0 Å². The molecule has 4 aliphatic heterocycles. The molecule has 304 valence electrons. The maximum atomic E-state index is 11.4. The van der Waals surface area contributed by atoms with Crippen LogP contribution in [0.1, 0.15) is 162 Å². The van der Waals surface area contributed by atoms with Crippen molar-refractivity contribution in [3.63, 3.8) is 0 Å². The fraction of sp³-hybridized carbons (Fsp3) is 0.923. The molecule has 4 N–H and O–H groups in total. The number of hydrogen-bond acceptors (Lipinski definition) is 13. The quantitative estimate of drug-likeness (QED) is 0.224. The van der Waals surface area contributed by atoms with Crippen LogP contribution in [0.5, 0.6) is 0 Å². The number of hydroxylamine groups is 8. The Bertz CT molecular complexity index is 1250. The molecule has 53 heavy (non-hydrogen) atoms. The molecule has 4 saturated heterocycles. The fourth-order valence-electron chi connectivity index (χ4n) is 11.5. The molecule has 0 atom stereocenters. The summed E-state index contributed by atoms with van der Waals surface area (Å²) in [5, 5.41) is 51.6. The van der Waals surface area contributed by atoms with Gasteiger partial charge in [-0.05, 0) is 174 Å². The molecule has 0 saturated carbocycles. The molecule has 0 radical (unpaired) electrons. The lowest BCUT2D eigenvalue weighted by molar-refractivity contribution is -0.251. The van der Waals surface area contributed by atoms with Crippen LogP contribution in [0.15, 0.2) is 0 Å². The average molecular weight is 767 g/mol. The van der Waals surface area contributed by atoms with Gasteiger partial charge < -0.3 is 30.6 Å². The first kappa shape index (κ1) is 42.7. The van der Waals surface area contributed by atoms with Crippen LogP contribution >= 0.6 is 11.6 Å². The smallest absolute Gasteiger partial charge is 0.231 e. The lowest BCUT2D eigenvalue weighted by atomic mass is 9.74. The summed E-state index contributed by atoms with van der Waals surface area (Å²) in [7, 11) is 0. The molecule has 0 aliphatic carbocycles. The molecule has 4 fully saturated rings. The van der Waals surface area contributed by atoms with E-state index in [-0.39, 0.29) is 29.5 Å². The highest BCUT2D eigenvalue weighted by atomic mass is 35.5. The van der Waals surface area contributed by atoms with Crippen molar-refractivity contribution >= 4 is 23.5 Å². The summed E-state index contributed by atoms with van der Waals surface area (Å²) in [4.78, 5) is 20.0. The molecular formula is C39H72ClN9O4. The molecule has 0 spiro atoms. The van der Waals surface area contributed by atoms with Crippen LogP contribution in [-0.4, -0.2) is 125 Å². The van der Waals surface area contributed by atoms with Crippen LogP contribution in [0.2, 0.25) is 5.28 Å². The van der Waals surface area contributed by atoms with E-state index >= 15 is 0 Å². The van der Waals surface area contributed by atoms with E-state index in [4.69, 9.17) is 26.6 Å². The van der Waals surface area contributed by atoms with Crippen LogP contribution in [0.4, 0.5) is 11.9 Å². The summed E-state index contributed by atoms with van der Waals surface area (Å²) < 4.78 is 0. The van der Waals surface area contributed by atoms with Gasteiger partial charge in [-0.2, -0.15) is 35.2 Å². The zero-order chi connectivity index (χ0) is 40.3. The van der Waals surface area contributed by atoms with Crippen molar-refractivity contribution < 1.29 is 20.8 Å². The number of halogens is 1. The number of piperidine rings is 4. The summed E-state index contributed by atoms with van der Waals surface area (Å²) in [6.45, 7) is 33.2. The van der Waals surface area contributed by atoms with E-state index in [0.29, 0.717) is 63.3 Å². The Kier molecular flexibility index (Phi) is 10.7. The van der Waals surface area contributed by atoms with Gasteiger partial charge in [0.1, 0.15) is 0 Å². The van der Waals surface area contributed by atoms with Crippen LogP contribution in [0.25, 0.3) is 0 Å². The van der Waals surface area contributed by atoms with E-state index in [1.165, 1.54) is 20.3 Å². The minimum Gasteiger partial charge on any atom is -0.334 e. The predicted octanol–water partition coefficient (Wildman–Crippen LogP) is 7.78. The van der Waals surface area contributed by atoms with E-state index in [0.717, 1.165) is 0 Å². The molecule has 5 rings (SSSR count). The number of anilines is 2. The summed E-state index contributed by atoms with van der Waals surface area (Å²) in [5.41, 5.74) is -4.30. The second-order valence-corrected chi connectivity index (χ2v) is 22.4. The van der Waals surface area contributed by atoms with Crippen molar-refractivity contribution in [3.05, 3.63) is 5.28 Å². The lowest BCUT2D eigenvalue weighted by Gasteiger charge is -2.58. The molecule has 4 aliphatic rings. The number of aromatic nitrogens is 3. The van der Waals surface area contributed by atoms with Gasteiger partial charge in [0.15, 0.2) is 0 Å². The first-order chi connectivity index (χ1) is 23.7. The van der Waals surface area contributed by atoms with E-state index in [1.54, 1.807) is 0 Å². The first-order valence-electron chi connectivity index (χ1n) is 19.7. The van der Waals surface area contributed by atoms with Gasteiger partial charge in [0.2, 0.25) is 17.2 Å². The highest BCUT2D eigenvalue weighted by Gasteiger charge is 2.55. The molecule has 0 unspecified atom stereocenters. The van der Waals surface area contributed by atoms with Gasteiger partial charge in [-0.1, -0.05) is 0 Å². The van der Waals surface area contributed by atoms with E-state index in [1.807, 2.05) is 0 Å². The third-order valence-electron chi connectivity index (χ3n) is 13.1. The van der Waals surface area contributed by atoms with Crippen molar-refractivity contribution in [2.24, 2.45) is 0 Å². The third kappa shape index (κ3) is 7.94. The molecule has 0 aromatic carbocycles. The Labute approximate surface area is 324 Å². The van der Waals surface area contributed by atoms with Gasteiger partial charge in [-0.15, -0.1) is 0 Å². The van der Waals surface area contributed by atoms with Crippen LogP contribution < -0.4 is 9.80 Å². The van der Waals surface area contributed by atoms with Crippen LogP contribution in [0, 0.1) is 0 Å². The summed E-state index contributed by atoms with van der Waals surface area (Å²) in [6.07, 6.45) is 5.26. The highest BCUT2D eigenvalue weighted by molar-refractivity contribution is 6.28. The van der Waals surface area contributed by atoms with Gasteiger partial charge >= 0.3 is 0 Å². The van der Waals surface area contributed by atoms with Crippen molar-refractivity contribution in [1.29, 1.82) is 0 Å². The third-order valence-corrected chi connectivity index (χ3v) is 13.3. The maximum absolute atomic E-state index is 11.4. The second kappa shape index (κ2) is 13.3. The van der Waals surface area contributed by atoms with Crippen molar-refractivity contribution in [3.8, 4) is 0 Å². The normalized spacial score (nSPS) is 29.6. The molecular weight excluding hydrogens is 694 g/mol. The van der Waals surface area contributed by atoms with Crippen LogP contribution in [-0.2, 0) is 0 Å². The number of nitrogens with zero attached hydrogens (tertiary/aromatic N) is 9. The Hall–Kier alpha value is -1.42. The molecule has 5 heterocycles. The summed E-state index contributed by atoms with van der Waals surface area (Å²) in [5.74, 6) is 0.986. The molecule has 0 amide bonds. The molecule has 13 nitrogen and oxygen atoms in total. The average Bonchev–Trinajstić information content (AvgIpc) is 2.95. The Morgan fingerprint density at radius 2 is 0.566 bits per heavy atom. The molecule has 14 heteroatoms. The largest absolute Gasteiger partial charge is 0.334 e. The molecule has 0 bridgehead atoms. The minimum atomic E-state index is -0.538. The Morgan fingerprint density at radius 1 is 0.396 bits per heavy atom. The molecule has 1 aromatic heterocycles. The number of rotatable bonds is 6. The maximum Gasteiger partial charge on any atom is 0.231 e. The highest BCUT2D eigenvalue weighted by Crippen LogP contribution is 2.48. The van der Waals surface area contributed by atoms with E-state index in [2.05, 4.69) is 121 Å². The lowest BCUT2D eigenvalue weighted by Crippen LogP contribution is -2.68. The second-order valence-electron chi connectivity index (χ2n) is 22.0. The fourth-order valence-corrected chi connectivity index (χ4v) is 11.6. The Morgan fingerprint density at radius 3 is 0.736 bits per heavy atom. The molecule has 1 aromatic rings. The van der Waals surface area contributed by atoms with E-state index < -0.39 is 44.3 Å². The Balaban J connectivity index is 1.71. The van der Waals surface area contributed by atoms with Crippen LogP contribution in [0.3, 0.4) is 0 Å². The van der Waals surface area contributed by atoms with Gasteiger partial charge in [0.05, 0.1) is 0 Å². The standard InChI is InChI=1S/C39H72ClN9O4/c1-32(2)17-25(18-33(3,4)46(32)50)44(26-19-34(5,6)47(51)35(7,8)20-26)30-41-29(40)42-31(43-30)45(27-21-36(9,10)48(52)37(11,12)22-27)28-23-38(13,14)49(53)39(15,16)24-28/h25-28,50-53H,17-24H2,1-16H3. The topological polar surface area (TPSA) is 139 Å². The summed E-state index contributed by atoms with van der Waals surface area (Å²) >= 11 is 7.03. The zero-order valence-corrected chi connectivity index (χ0v) is 36.4. The predicted molar refractivity (Wildman–Crippen MR) is 209 cm³/mol. The van der Waals surface area contributed by atoms with Crippen molar-refractivity contribution in [2.75, 3.05) is 9.80 Å². The summed E-state index contributed by atoms with van der Waals surface area (Å²) in [6, 6.07) is -0.237. The zero-order valence-electron chi connectivity index (χ0n) is 35.7. The van der Waals surface area contributed by atoms with Crippen molar-refractivity contribution in [1.82, 2.24) is 35.2 Å². The van der Waals surface area contributed by atoms with E-state index in [9.17, 15) is 20.8 Å². The van der Waals surface area contributed by atoms with Gasteiger partial charge in [0.25, 0.3) is 0 Å². The minimum absolute atomic E-state index is 0.0593. The SMILES string of the molecule is CC1(C)CC(N(c2nc(Cl)nc(N(C3CC(C)(C)N(O)C(C)(C)C3)C3CC(C)(C)N(O)C(C)(C)C3)n2)C2CC(C)(C)N(O)C(C)(C)C2)CC(C)(C)N1O. The van der Waals surface area contributed by atoms with Crippen molar-refractivity contribution in [2.45, 2.75) is 231 Å². The van der Waals surface area contributed by atoms with Gasteiger partial charge in [0, 0.05) is 68.5 Å². The number of hydrogen-bond donors (Lipinski definition) is 4. The monoisotopic (exact) mass is 766 g/mol.